The van der Waals surface area contributed by atoms with Gasteiger partial charge in [0.2, 0.25) is 0 Å². The van der Waals surface area contributed by atoms with Crippen LogP contribution in [0.4, 0.5) is 4.79 Å². The average molecular weight is 334 g/mol. The van der Waals surface area contributed by atoms with Crippen LogP contribution in [0.3, 0.4) is 0 Å². The minimum Gasteiger partial charge on any atom is -0.496 e. The molecule has 0 aliphatic carbocycles. The number of methoxy groups -OCH3 is 1. The van der Waals surface area contributed by atoms with E-state index < -0.39 is 0 Å². The summed E-state index contributed by atoms with van der Waals surface area (Å²) in [5.74, 6) is 0.941. The Morgan fingerprint density at radius 3 is 2.58 bits per heavy atom. The molecule has 2 amide bonds. The highest BCUT2D eigenvalue weighted by molar-refractivity contribution is 5.75. The fourth-order valence-corrected chi connectivity index (χ4v) is 3.25. The zero-order chi connectivity index (χ0) is 17.9. The SMILES string of the molecule is COc1ccccc1C(NC(=O)N1CCC(C(C)O)C1)C(C)(C)C. The molecule has 0 saturated carbocycles. The van der Waals surface area contributed by atoms with Gasteiger partial charge in [0.25, 0.3) is 0 Å². The number of nitrogens with one attached hydrogen (secondary N) is 1. The third-order valence-corrected chi connectivity index (χ3v) is 4.78. The Balaban J connectivity index is 2.17. The van der Waals surface area contributed by atoms with Gasteiger partial charge in [-0.1, -0.05) is 39.0 Å². The summed E-state index contributed by atoms with van der Waals surface area (Å²) in [6.07, 6.45) is 0.468. The molecule has 2 rings (SSSR count). The molecule has 1 saturated heterocycles. The number of likely N-dealkylation sites (tertiary alicyclic amines) is 1. The van der Waals surface area contributed by atoms with Crippen molar-refractivity contribution in [1.82, 2.24) is 10.2 Å². The van der Waals surface area contributed by atoms with Crippen LogP contribution in [-0.4, -0.2) is 42.3 Å². The van der Waals surface area contributed by atoms with E-state index >= 15 is 0 Å². The Hall–Kier alpha value is -1.75. The molecule has 0 spiro atoms. The van der Waals surface area contributed by atoms with Crippen LogP contribution in [0.2, 0.25) is 0 Å². The zero-order valence-electron chi connectivity index (χ0n) is 15.4. The fraction of sp³-hybridized carbons (Fsp3) is 0.632. The Labute approximate surface area is 145 Å². The number of para-hydroxylation sites is 1. The first-order valence-electron chi connectivity index (χ1n) is 8.60. The van der Waals surface area contributed by atoms with Crippen LogP contribution in [0.1, 0.15) is 45.7 Å². The molecular weight excluding hydrogens is 304 g/mol. The predicted octanol–water partition coefficient (Wildman–Crippen LogP) is 3.19. The Morgan fingerprint density at radius 2 is 2.04 bits per heavy atom. The molecular formula is C19H30N2O3. The summed E-state index contributed by atoms with van der Waals surface area (Å²) in [6, 6.07) is 7.56. The minimum absolute atomic E-state index is 0.0796. The second-order valence-corrected chi connectivity index (χ2v) is 7.73. The van der Waals surface area contributed by atoms with Gasteiger partial charge < -0.3 is 20.1 Å². The Morgan fingerprint density at radius 1 is 1.38 bits per heavy atom. The number of aliphatic hydroxyl groups is 1. The van der Waals surface area contributed by atoms with Crippen LogP contribution in [0.5, 0.6) is 5.75 Å². The van der Waals surface area contributed by atoms with Crippen LogP contribution < -0.4 is 10.1 Å². The molecule has 1 aliphatic heterocycles. The van der Waals surface area contributed by atoms with Crippen molar-refractivity contribution in [3.05, 3.63) is 29.8 Å². The number of ether oxygens (including phenoxy) is 1. The second kappa shape index (κ2) is 7.43. The molecule has 3 atom stereocenters. The van der Waals surface area contributed by atoms with Gasteiger partial charge in [-0.2, -0.15) is 0 Å². The molecule has 134 valence electrons. The topological polar surface area (TPSA) is 61.8 Å². The van der Waals surface area contributed by atoms with Gasteiger partial charge in [-0.05, 0) is 24.8 Å². The van der Waals surface area contributed by atoms with E-state index in [1.54, 1.807) is 18.9 Å². The van der Waals surface area contributed by atoms with Crippen molar-refractivity contribution >= 4 is 6.03 Å². The molecule has 1 aromatic rings. The molecule has 3 unspecified atom stereocenters. The highest BCUT2D eigenvalue weighted by Crippen LogP contribution is 2.37. The maximum atomic E-state index is 12.7. The number of urea groups is 1. The van der Waals surface area contributed by atoms with Gasteiger partial charge >= 0.3 is 6.03 Å². The highest BCUT2D eigenvalue weighted by atomic mass is 16.5. The van der Waals surface area contributed by atoms with E-state index in [0.29, 0.717) is 13.1 Å². The molecule has 5 heteroatoms. The molecule has 1 heterocycles. The molecule has 1 fully saturated rings. The molecule has 5 nitrogen and oxygen atoms in total. The third kappa shape index (κ3) is 4.20. The lowest BCUT2D eigenvalue weighted by Crippen LogP contribution is -2.44. The van der Waals surface area contributed by atoms with Crippen molar-refractivity contribution in [3.8, 4) is 5.75 Å². The number of carbonyl (C=O) groups excluding carboxylic acids is 1. The predicted molar refractivity (Wildman–Crippen MR) is 95.1 cm³/mol. The first-order valence-corrected chi connectivity index (χ1v) is 8.60. The van der Waals surface area contributed by atoms with Gasteiger partial charge in [-0.3, -0.25) is 0 Å². The monoisotopic (exact) mass is 334 g/mol. The van der Waals surface area contributed by atoms with Gasteiger partial charge in [0.15, 0.2) is 0 Å². The summed E-state index contributed by atoms with van der Waals surface area (Å²) >= 11 is 0. The standard InChI is InChI=1S/C19H30N2O3/c1-13(22)14-10-11-21(12-14)18(23)20-17(19(2,3)4)15-8-6-7-9-16(15)24-5/h6-9,13-14,17,22H,10-12H2,1-5H3,(H,20,23). The highest BCUT2D eigenvalue weighted by Gasteiger charge is 2.34. The quantitative estimate of drug-likeness (QED) is 0.889. The van der Waals surface area contributed by atoms with E-state index in [9.17, 15) is 9.90 Å². The maximum Gasteiger partial charge on any atom is 0.317 e. The van der Waals surface area contributed by atoms with E-state index in [1.807, 2.05) is 24.3 Å². The van der Waals surface area contributed by atoms with Gasteiger partial charge in [-0.15, -0.1) is 0 Å². The molecule has 24 heavy (non-hydrogen) atoms. The van der Waals surface area contributed by atoms with Crippen molar-refractivity contribution < 1.29 is 14.6 Å². The fourth-order valence-electron chi connectivity index (χ4n) is 3.25. The third-order valence-electron chi connectivity index (χ3n) is 4.78. The summed E-state index contributed by atoms with van der Waals surface area (Å²) in [6.45, 7) is 9.39. The number of benzene rings is 1. The average Bonchev–Trinajstić information content (AvgIpc) is 3.01. The lowest BCUT2D eigenvalue weighted by Gasteiger charge is -2.34. The largest absolute Gasteiger partial charge is 0.496 e. The summed E-state index contributed by atoms with van der Waals surface area (Å²) in [7, 11) is 1.65. The number of hydrogen-bond donors (Lipinski definition) is 2. The normalized spacial score (nSPS) is 20.6. The number of hydrogen-bond acceptors (Lipinski definition) is 3. The maximum absolute atomic E-state index is 12.7. The molecule has 1 aromatic carbocycles. The number of rotatable bonds is 4. The Bertz CT molecular complexity index is 566. The van der Waals surface area contributed by atoms with Crippen molar-refractivity contribution in [2.24, 2.45) is 11.3 Å². The first-order chi connectivity index (χ1) is 11.2. The zero-order valence-corrected chi connectivity index (χ0v) is 15.4. The van der Waals surface area contributed by atoms with E-state index in [-0.39, 0.29) is 29.5 Å². The van der Waals surface area contributed by atoms with Crippen LogP contribution in [-0.2, 0) is 0 Å². The number of nitrogens with zero attached hydrogens (tertiary/aromatic N) is 1. The summed E-state index contributed by atoms with van der Waals surface area (Å²) in [5, 5.41) is 12.9. The minimum atomic E-state index is -0.379. The summed E-state index contributed by atoms with van der Waals surface area (Å²) < 4.78 is 5.48. The van der Waals surface area contributed by atoms with Gasteiger partial charge in [0.05, 0.1) is 19.3 Å². The molecule has 0 bridgehead atoms. The molecule has 0 aromatic heterocycles. The van der Waals surface area contributed by atoms with Crippen LogP contribution in [0.15, 0.2) is 24.3 Å². The van der Waals surface area contributed by atoms with Crippen molar-refractivity contribution in [3.63, 3.8) is 0 Å². The van der Waals surface area contributed by atoms with Crippen LogP contribution in [0.25, 0.3) is 0 Å². The van der Waals surface area contributed by atoms with E-state index in [4.69, 9.17) is 4.74 Å². The van der Waals surface area contributed by atoms with E-state index in [1.165, 1.54) is 0 Å². The first kappa shape index (κ1) is 18.6. The smallest absolute Gasteiger partial charge is 0.317 e. The van der Waals surface area contributed by atoms with Crippen LogP contribution in [0, 0.1) is 11.3 Å². The van der Waals surface area contributed by atoms with Gasteiger partial charge in [0.1, 0.15) is 5.75 Å². The van der Waals surface area contributed by atoms with Gasteiger partial charge in [0, 0.05) is 24.6 Å². The Kier molecular flexibility index (Phi) is 5.75. The molecule has 1 aliphatic rings. The summed E-state index contributed by atoms with van der Waals surface area (Å²) in [5.41, 5.74) is 0.820. The number of carbonyl (C=O) groups is 1. The van der Waals surface area contributed by atoms with Crippen molar-refractivity contribution in [2.75, 3.05) is 20.2 Å². The number of aliphatic hydroxyl groups excluding tert-OH is 1. The lowest BCUT2D eigenvalue weighted by atomic mass is 9.82. The van der Waals surface area contributed by atoms with Crippen LogP contribution >= 0.6 is 0 Å². The number of amides is 2. The van der Waals surface area contributed by atoms with Crippen molar-refractivity contribution in [1.29, 1.82) is 0 Å². The van der Waals surface area contributed by atoms with Gasteiger partial charge in [-0.25, -0.2) is 4.79 Å². The summed E-state index contributed by atoms with van der Waals surface area (Å²) in [4.78, 5) is 14.5. The lowest BCUT2D eigenvalue weighted by molar-refractivity contribution is 0.128. The second-order valence-electron chi connectivity index (χ2n) is 7.73. The van der Waals surface area contributed by atoms with E-state index in [2.05, 4.69) is 26.1 Å². The molecule has 0 radical (unpaired) electrons. The molecule has 2 N–H and O–H groups in total. The van der Waals surface area contributed by atoms with E-state index in [0.717, 1.165) is 17.7 Å². The van der Waals surface area contributed by atoms with Crippen molar-refractivity contribution in [2.45, 2.75) is 46.3 Å².